The van der Waals surface area contributed by atoms with Gasteiger partial charge < -0.3 is 0 Å². The first-order valence-corrected chi connectivity index (χ1v) is 13.4. The standard InChI is InChI=1S/C31H44F2/c1-3-5-7-9-10-11-13-14-16-26-18-20-27(21-19-26)28-22-24-29(25-23-28)31(33)30(32)17-15-12-8-6-4-2/h18-25H,3-17H2,1-2H3/b31-30-. The third kappa shape index (κ3) is 10.7. The van der Waals surface area contributed by atoms with Crippen LogP contribution in [0.5, 0.6) is 0 Å². The number of allylic oxidation sites excluding steroid dienone is 1. The van der Waals surface area contributed by atoms with Gasteiger partial charge in [0.2, 0.25) is 0 Å². The second-order valence-electron chi connectivity index (χ2n) is 9.38. The smallest absolute Gasteiger partial charge is 0.161 e. The predicted octanol–water partition coefficient (Wildman–Crippen LogP) is 11.0. The molecule has 0 bridgehead atoms. The average molecular weight is 455 g/mol. The number of halogens is 2. The van der Waals surface area contributed by atoms with Crippen LogP contribution in [0.4, 0.5) is 8.78 Å². The van der Waals surface area contributed by atoms with E-state index in [1.165, 1.54) is 56.9 Å². The van der Waals surface area contributed by atoms with Crippen molar-refractivity contribution in [1.29, 1.82) is 0 Å². The molecule has 2 aromatic rings. The monoisotopic (exact) mass is 454 g/mol. The van der Waals surface area contributed by atoms with E-state index in [0.717, 1.165) is 43.2 Å². The lowest BCUT2D eigenvalue weighted by molar-refractivity contribution is 0.531. The largest absolute Gasteiger partial charge is 0.209 e. The summed E-state index contributed by atoms with van der Waals surface area (Å²) in [4.78, 5) is 0. The van der Waals surface area contributed by atoms with E-state index in [-0.39, 0.29) is 6.42 Å². The first-order valence-electron chi connectivity index (χ1n) is 13.4. The molecule has 33 heavy (non-hydrogen) atoms. The summed E-state index contributed by atoms with van der Waals surface area (Å²) in [6, 6.07) is 15.8. The molecular weight excluding hydrogens is 410 g/mol. The quantitative estimate of drug-likeness (QED) is 0.208. The van der Waals surface area contributed by atoms with Crippen molar-refractivity contribution in [3.8, 4) is 11.1 Å². The summed E-state index contributed by atoms with van der Waals surface area (Å²) in [6.07, 6.45) is 17.1. The molecule has 0 atom stereocenters. The maximum absolute atomic E-state index is 14.4. The van der Waals surface area contributed by atoms with Gasteiger partial charge in [0.1, 0.15) is 5.83 Å². The number of hydrogen-bond donors (Lipinski definition) is 0. The van der Waals surface area contributed by atoms with Crippen LogP contribution in [0.15, 0.2) is 54.4 Å². The van der Waals surface area contributed by atoms with Gasteiger partial charge in [0.05, 0.1) is 0 Å². The molecule has 0 saturated heterocycles. The van der Waals surface area contributed by atoms with Gasteiger partial charge in [-0.1, -0.05) is 133 Å². The topological polar surface area (TPSA) is 0 Å². The molecule has 0 fully saturated rings. The third-order valence-corrected chi connectivity index (χ3v) is 6.48. The molecule has 0 spiro atoms. The van der Waals surface area contributed by atoms with Crippen LogP contribution < -0.4 is 0 Å². The van der Waals surface area contributed by atoms with Gasteiger partial charge in [-0.3, -0.25) is 0 Å². The Bertz CT molecular complexity index is 787. The van der Waals surface area contributed by atoms with E-state index >= 15 is 0 Å². The molecule has 0 aliphatic heterocycles. The first kappa shape index (κ1) is 27.3. The van der Waals surface area contributed by atoms with Crippen LogP contribution in [0.3, 0.4) is 0 Å². The highest BCUT2D eigenvalue weighted by atomic mass is 19.2. The second-order valence-corrected chi connectivity index (χ2v) is 9.38. The Kier molecular flexibility index (Phi) is 13.7. The number of benzene rings is 2. The van der Waals surface area contributed by atoms with Gasteiger partial charge in [-0.05, 0) is 36.0 Å². The molecule has 0 heterocycles. The molecule has 0 saturated carbocycles. The van der Waals surface area contributed by atoms with Crippen molar-refractivity contribution in [2.24, 2.45) is 0 Å². The highest BCUT2D eigenvalue weighted by molar-refractivity contribution is 5.68. The van der Waals surface area contributed by atoms with E-state index in [9.17, 15) is 8.78 Å². The summed E-state index contributed by atoms with van der Waals surface area (Å²) in [5.41, 5.74) is 3.85. The van der Waals surface area contributed by atoms with Crippen LogP contribution in [0, 0.1) is 0 Å². The van der Waals surface area contributed by atoms with Crippen molar-refractivity contribution < 1.29 is 8.78 Å². The summed E-state index contributed by atoms with van der Waals surface area (Å²) < 4.78 is 28.6. The minimum absolute atomic E-state index is 0.192. The zero-order chi connectivity index (χ0) is 23.7. The van der Waals surface area contributed by atoms with Crippen LogP contribution in [-0.2, 0) is 6.42 Å². The molecule has 182 valence electrons. The summed E-state index contributed by atoms with van der Waals surface area (Å²) in [5, 5.41) is 0. The Morgan fingerprint density at radius 1 is 0.545 bits per heavy atom. The molecule has 0 nitrogen and oxygen atoms in total. The summed E-state index contributed by atoms with van der Waals surface area (Å²) in [6.45, 7) is 4.41. The average Bonchev–Trinajstić information content (AvgIpc) is 2.85. The third-order valence-electron chi connectivity index (χ3n) is 6.48. The minimum atomic E-state index is -0.710. The van der Waals surface area contributed by atoms with E-state index < -0.39 is 11.7 Å². The van der Waals surface area contributed by atoms with Gasteiger partial charge in [-0.2, -0.15) is 0 Å². The lowest BCUT2D eigenvalue weighted by atomic mass is 9.99. The SMILES string of the molecule is CCCCCCCCCCc1ccc(-c2ccc(/C(F)=C(/F)CCCCCCC)cc2)cc1. The van der Waals surface area contributed by atoms with Crippen molar-refractivity contribution >= 4 is 5.83 Å². The fourth-order valence-corrected chi connectivity index (χ4v) is 4.29. The Balaban J connectivity index is 1.78. The molecule has 0 unspecified atom stereocenters. The normalized spacial score (nSPS) is 12.1. The zero-order valence-corrected chi connectivity index (χ0v) is 21.0. The Hall–Kier alpha value is -1.96. The van der Waals surface area contributed by atoms with E-state index in [0.29, 0.717) is 12.0 Å². The van der Waals surface area contributed by atoms with E-state index in [4.69, 9.17) is 0 Å². The lowest BCUT2D eigenvalue weighted by Crippen LogP contribution is -1.88. The van der Waals surface area contributed by atoms with E-state index in [1.807, 2.05) is 12.1 Å². The second kappa shape index (κ2) is 16.6. The van der Waals surface area contributed by atoms with Gasteiger partial charge in [0.15, 0.2) is 5.83 Å². The van der Waals surface area contributed by atoms with Gasteiger partial charge >= 0.3 is 0 Å². The van der Waals surface area contributed by atoms with Crippen molar-refractivity contribution in [3.05, 3.63) is 65.5 Å². The minimum Gasteiger partial charge on any atom is -0.209 e. The van der Waals surface area contributed by atoms with Gasteiger partial charge in [-0.25, -0.2) is 8.78 Å². The van der Waals surface area contributed by atoms with Crippen LogP contribution in [-0.4, -0.2) is 0 Å². The number of hydrogen-bond acceptors (Lipinski definition) is 0. The molecular formula is C31H44F2. The molecule has 2 aromatic carbocycles. The Morgan fingerprint density at radius 3 is 1.55 bits per heavy atom. The number of rotatable bonds is 17. The predicted molar refractivity (Wildman–Crippen MR) is 141 cm³/mol. The van der Waals surface area contributed by atoms with Crippen molar-refractivity contribution in [2.45, 2.75) is 110 Å². The van der Waals surface area contributed by atoms with Crippen molar-refractivity contribution in [1.82, 2.24) is 0 Å². The Morgan fingerprint density at radius 2 is 1.00 bits per heavy atom. The summed E-state index contributed by atoms with van der Waals surface area (Å²) in [7, 11) is 0. The van der Waals surface area contributed by atoms with Crippen LogP contribution in [0.2, 0.25) is 0 Å². The van der Waals surface area contributed by atoms with E-state index in [2.05, 4.69) is 38.1 Å². The molecule has 0 aliphatic carbocycles. The van der Waals surface area contributed by atoms with Crippen molar-refractivity contribution in [3.63, 3.8) is 0 Å². The van der Waals surface area contributed by atoms with Gasteiger partial charge in [0, 0.05) is 12.0 Å². The lowest BCUT2D eigenvalue weighted by Gasteiger charge is -2.07. The highest BCUT2D eigenvalue weighted by Gasteiger charge is 2.09. The van der Waals surface area contributed by atoms with Crippen molar-refractivity contribution in [2.75, 3.05) is 0 Å². The molecule has 2 rings (SSSR count). The molecule has 2 heteroatoms. The zero-order valence-electron chi connectivity index (χ0n) is 21.0. The number of unbranched alkanes of at least 4 members (excludes halogenated alkanes) is 11. The maximum Gasteiger partial charge on any atom is 0.161 e. The van der Waals surface area contributed by atoms with Gasteiger partial charge in [0.25, 0.3) is 0 Å². The summed E-state index contributed by atoms with van der Waals surface area (Å²) in [5.74, 6) is -1.33. The molecule has 0 radical (unpaired) electrons. The van der Waals surface area contributed by atoms with Crippen LogP contribution in [0.1, 0.15) is 115 Å². The van der Waals surface area contributed by atoms with Crippen LogP contribution in [0.25, 0.3) is 17.0 Å². The molecule has 0 aliphatic rings. The van der Waals surface area contributed by atoms with Gasteiger partial charge in [-0.15, -0.1) is 0 Å². The molecule has 0 N–H and O–H groups in total. The summed E-state index contributed by atoms with van der Waals surface area (Å²) >= 11 is 0. The fourth-order valence-electron chi connectivity index (χ4n) is 4.29. The number of aryl methyl sites for hydroxylation is 1. The Labute approximate surface area is 201 Å². The first-order chi connectivity index (χ1) is 16.2. The fraction of sp³-hybridized carbons (Fsp3) is 0.548. The van der Waals surface area contributed by atoms with Crippen LogP contribution >= 0.6 is 0 Å². The maximum atomic E-state index is 14.4. The molecule has 0 amide bonds. The highest BCUT2D eigenvalue weighted by Crippen LogP contribution is 2.28. The molecule has 0 aromatic heterocycles. The van der Waals surface area contributed by atoms with E-state index in [1.54, 1.807) is 12.1 Å².